The molecule has 0 spiro atoms. The van der Waals surface area contributed by atoms with Crippen molar-refractivity contribution in [1.29, 1.82) is 0 Å². The number of aromatic nitrogens is 1. The van der Waals surface area contributed by atoms with E-state index in [-0.39, 0.29) is 17.7 Å². The number of hydrogen-bond acceptors (Lipinski definition) is 3. The van der Waals surface area contributed by atoms with Gasteiger partial charge in [-0.05, 0) is 62.8 Å². The van der Waals surface area contributed by atoms with Crippen LogP contribution in [-0.4, -0.2) is 47.9 Å². The van der Waals surface area contributed by atoms with Crippen molar-refractivity contribution in [2.45, 2.75) is 38.5 Å². The minimum atomic E-state index is -0.217. The number of nitrogens with zero attached hydrogens (tertiary/aromatic N) is 1. The molecule has 1 aliphatic carbocycles. The fourth-order valence-corrected chi connectivity index (χ4v) is 4.48. The summed E-state index contributed by atoms with van der Waals surface area (Å²) in [5.41, 5.74) is 9.94. The number of hydrogen-bond donors (Lipinski definition) is 3. The van der Waals surface area contributed by atoms with Crippen molar-refractivity contribution in [3.63, 3.8) is 0 Å². The van der Waals surface area contributed by atoms with Crippen LogP contribution in [0.4, 0.5) is 0 Å². The van der Waals surface area contributed by atoms with E-state index in [0.29, 0.717) is 18.7 Å². The maximum absolute atomic E-state index is 12.5. The van der Waals surface area contributed by atoms with E-state index in [9.17, 15) is 9.59 Å². The molecule has 144 valence electrons. The third-order valence-corrected chi connectivity index (χ3v) is 5.98. The van der Waals surface area contributed by atoms with Gasteiger partial charge in [0.15, 0.2) is 0 Å². The van der Waals surface area contributed by atoms with Crippen LogP contribution in [0.15, 0.2) is 18.2 Å². The Balaban J connectivity index is 1.35. The summed E-state index contributed by atoms with van der Waals surface area (Å²) >= 11 is 0. The standard InChI is InChI=1S/C21H28N4O2/c22-20(26)15-4-3-10-25(13-15)11-9-23-21(27)14-7-8-17-16-5-1-2-6-18(16)24-19(17)12-14/h7-8,12,15,24H,1-6,9-11,13H2,(H2,22,26)(H,23,27)/t15-/m1/s1. The molecule has 1 aromatic carbocycles. The first-order chi connectivity index (χ1) is 13.1. The largest absolute Gasteiger partial charge is 0.369 e. The van der Waals surface area contributed by atoms with Gasteiger partial charge in [-0.3, -0.25) is 9.59 Å². The Morgan fingerprint density at radius 3 is 2.93 bits per heavy atom. The Hall–Kier alpha value is -2.34. The summed E-state index contributed by atoms with van der Waals surface area (Å²) in [5.74, 6) is -0.325. The fourth-order valence-electron chi connectivity index (χ4n) is 4.48. The molecule has 4 rings (SSSR count). The van der Waals surface area contributed by atoms with Gasteiger partial charge >= 0.3 is 0 Å². The van der Waals surface area contributed by atoms with Crippen LogP contribution in [0.25, 0.3) is 10.9 Å². The number of nitrogens with two attached hydrogens (primary N) is 1. The third-order valence-electron chi connectivity index (χ3n) is 5.98. The molecule has 2 aromatic rings. The molecular formula is C21H28N4O2. The fraction of sp³-hybridized carbons (Fsp3) is 0.524. The van der Waals surface area contributed by atoms with E-state index in [1.54, 1.807) is 0 Å². The average molecular weight is 368 g/mol. The Morgan fingerprint density at radius 1 is 1.22 bits per heavy atom. The summed E-state index contributed by atoms with van der Waals surface area (Å²) in [5, 5.41) is 4.26. The first-order valence-corrected chi connectivity index (χ1v) is 10.0. The maximum atomic E-state index is 12.5. The molecule has 0 unspecified atom stereocenters. The lowest BCUT2D eigenvalue weighted by atomic mass is 9.95. The molecule has 0 saturated carbocycles. The number of amides is 2. The number of benzene rings is 1. The number of H-pyrrole nitrogens is 1. The van der Waals surface area contributed by atoms with Crippen molar-refractivity contribution in [1.82, 2.24) is 15.2 Å². The zero-order valence-corrected chi connectivity index (χ0v) is 15.7. The number of carbonyl (C=O) groups is 2. The highest BCUT2D eigenvalue weighted by atomic mass is 16.2. The van der Waals surface area contributed by atoms with Crippen LogP contribution in [0.1, 0.15) is 47.3 Å². The molecule has 1 fully saturated rings. The number of primary amides is 1. The Morgan fingerprint density at radius 2 is 2.07 bits per heavy atom. The molecule has 0 bridgehead atoms. The van der Waals surface area contributed by atoms with Gasteiger partial charge in [-0.1, -0.05) is 6.07 Å². The van der Waals surface area contributed by atoms with Crippen LogP contribution in [0.2, 0.25) is 0 Å². The maximum Gasteiger partial charge on any atom is 0.251 e. The molecule has 6 nitrogen and oxygen atoms in total. The SMILES string of the molecule is NC(=O)[C@@H]1CCCN(CCNC(=O)c2ccc3c4c([nH]c3c2)CCCC4)C1. The first kappa shape index (κ1) is 18.0. The van der Waals surface area contributed by atoms with E-state index in [1.807, 2.05) is 12.1 Å². The predicted octanol–water partition coefficient (Wildman–Crippen LogP) is 1.97. The van der Waals surface area contributed by atoms with Crippen molar-refractivity contribution >= 4 is 22.7 Å². The van der Waals surface area contributed by atoms with Crippen LogP contribution in [0, 0.1) is 5.92 Å². The first-order valence-electron chi connectivity index (χ1n) is 10.0. The van der Waals surface area contributed by atoms with Gasteiger partial charge < -0.3 is 20.9 Å². The van der Waals surface area contributed by atoms with E-state index in [4.69, 9.17) is 5.73 Å². The van der Waals surface area contributed by atoms with Crippen molar-refractivity contribution in [3.05, 3.63) is 35.0 Å². The molecule has 1 aromatic heterocycles. The second-order valence-electron chi connectivity index (χ2n) is 7.85. The highest BCUT2D eigenvalue weighted by molar-refractivity contribution is 5.98. The molecule has 2 heterocycles. The van der Waals surface area contributed by atoms with Gasteiger partial charge in [0.2, 0.25) is 5.91 Å². The zero-order valence-electron chi connectivity index (χ0n) is 15.7. The van der Waals surface area contributed by atoms with Crippen molar-refractivity contribution in [2.24, 2.45) is 11.7 Å². The monoisotopic (exact) mass is 368 g/mol. The lowest BCUT2D eigenvalue weighted by Gasteiger charge is -2.31. The molecule has 2 aliphatic rings. The van der Waals surface area contributed by atoms with Crippen LogP contribution in [0.3, 0.4) is 0 Å². The number of fused-ring (bicyclic) bond motifs is 3. The quantitative estimate of drug-likeness (QED) is 0.753. The summed E-state index contributed by atoms with van der Waals surface area (Å²) in [6, 6.07) is 5.96. The molecule has 6 heteroatoms. The van der Waals surface area contributed by atoms with E-state index >= 15 is 0 Å². The normalized spacial score (nSPS) is 20.4. The van der Waals surface area contributed by atoms with Crippen LogP contribution in [-0.2, 0) is 17.6 Å². The zero-order chi connectivity index (χ0) is 18.8. The lowest BCUT2D eigenvalue weighted by Crippen LogP contribution is -2.44. The molecule has 1 aliphatic heterocycles. The van der Waals surface area contributed by atoms with Gasteiger partial charge in [-0.25, -0.2) is 0 Å². The molecule has 2 amide bonds. The molecule has 1 saturated heterocycles. The van der Waals surface area contributed by atoms with Crippen LogP contribution < -0.4 is 11.1 Å². The van der Waals surface area contributed by atoms with Crippen molar-refractivity contribution < 1.29 is 9.59 Å². The number of nitrogens with one attached hydrogen (secondary N) is 2. The minimum absolute atomic E-state index is 0.0482. The minimum Gasteiger partial charge on any atom is -0.369 e. The molecular weight excluding hydrogens is 340 g/mol. The highest BCUT2D eigenvalue weighted by Gasteiger charge is 2.23. The number of carbonyl (C=O) groups excluding carboxylic acids is 2. The van der Waals surface area contributed by atoms with E-state index in [1.165, 1.54) is 29.5 Å². The Bertz CT molecular complexity index is 857. The number of piperidine rings is 1. The number of likely N-dealkylation sites (tertiary alicyclic amines) is 1. The van der Waals surface area contributed by atoms with E-state index in [0.717, 1.165) is 44.3 Å². The van der Waals surface area contributed by atoms with Crippen LogP contribution in [0.5, 0.6) is 0 Å². The molecule has 0 radical (unpaired) electrons. The van der Waals surface area contributed by atoms with Gasteiger partial charge in [0.05, 0.1) is 5.92 Å². The number of aromatic amines is 1. The molecule has 1 atom stereocenters. The second kappa shape index (κ2) is 7.72. The van der Waals surface area contributed by atoms with Crippen molar-refractivity contribution in [2.75, 3.05) is 26.2 Å². The van der Waals surface area contributed by atoms with Gasteiger partial charge in [-0.2, -0.15) is 0 Å². The summed E-state index contributed by atoms with van der Waals surface area (Å²) < 4.78 is 0. The van der Waals surface area contributed by atoms with E-state index in [2.05, 4.69) is 21.3 Å². The van der Waals surface area contributed by atoms with E-state index < -0.39 is 0 Å². The number of aryl methyl sites for hydroxylation is 2. The molecule has 27 heavy (non-hydrogen) atoms. The van der Waals surface area contributed by atoms with Crippen LogP contribution >= 0.6 is 0 Å². The summed E-state index contributed by atoms with van der Waals surface area (Å²) in [6.45, 7) is 2.98. The number of rotatable bonds is 5. The topological polar surface area (TPSA) is 91.2 Å². The Kier molecular flexibility index (Phi) is 5.16. The predicted molar refractivity (Wildman–Crippen MR) is 106 cm³/mol. The third kappa shape index (κ3) is 3.86. The van der Waals surface area contributed by atoms with Gasteiger partial charge in [-0.15, -0.1) is 0 Å². The lowest BCUT2D eigenvalue weighted by molar-refractivity contribution is -0.123. The molecule has 4 N–H and O–H groups in total. The Labute approximate surface area is 159 Å². The highest BCUT2D eigenvalue weighted by Crippen LogP contribution is 2.29. The van der Waals surface area contributed by atoms with Gasteiger partial charge in [0.25, 0.3) is 5.91 Å². The summed E-state index contributed by atoms with van der Waals surface area (Å²) in [6.07, 6.45) is 6.57. The van der Waals surface area contributed by atoms with Crippen molar-refractivity contribution in [3.8, 4) is 0 Å². The van der Waals surface area contributed by atoms with Gasteiger partial charge in [0, 0.05) is 41.8 Å². The van der Waals surface area contributed by atoms with Gasteiger partial charge in [0.1, 0.15) is 0 Å². The second-order valence-corrected chi connectivity index (χ2v) is 7.85. The smallest absolute Gasteiger partial charge is 0.251 e. The average Bonchev–Trinajstić information content (AvgIpc) is 3.06. The summed E-state index contributed by atoms with van der Waals surface area (Å²) in [4.78, 5) is 29.6. The summed E-state index contributed by atoms with van der Waals surface area (Å²) in [7, 11) is 0.